The SMILES string of the molecule is COc1ccn2c(-c3nc(N[C@@H]4CNCC[C@H]4F)c(F)cc3F)cnc2c1. The summed E-state index contributed by atoms with van der Waals surface area (Å²) in [5, 5.41) is 5.80. The highest BCUT2D eigenvalue weighted by Gasteiger charge is 2.26. The van der Waals surface area contributed by atoms with Gasteiger partial charge in [0.2, 0.25) is 0 Å². The van der Waals surface area contributed by atoms with Gasteiger partial charge in [0.25, 0.3) is 0 Å². The molecule has 4 heterocycles. The molecule has 0 amide bonds. The fourth-order valence-electron chi connectivity index (χ4n) is 3.16. The molecule has 2 N–H and O–H groups in total. The summed E-state index contributed by atoms with van der Waals surface area (Å²) in [6.45, 7) is 0.902. The minimum atomic E-state index is -1.13. The average Bonchev–Trinajstić information content (AvgIpc) is 3.08. The van der Waals surface area contributed by atoms with E-state index in [0.29, 0.717) is 36.6 Å². The number of aromatic nitrogens is 3. The van der Waals surface area contributed by atoms with Gasteiger partial charge in [-0.05, 0) is 19.0 Å². The van der Waals surface area contributed by atoms with Crippen LogP contribution >= 0.6 is 0 Å². The van der Waals surface area contributed by atoms with Gasteiger partial charge in [0.15, 0.2) is 17.5 Å². The van der Waals surface area contributed by atoms with Crippen LogP contribution in [0.3, 0.4) is 0 Å². The third-order valence-electron chi connectivity index (χ3n) is 4.61. The first-order chi connectivity index (χ1) is 13.1. The largest absolute Gasteiger partial charge is 0.497 e. The van der Waals surface area contributed by atoms with Crippen LogP contribution in [0.25, 0.3) is 17.0 Å². The zero-order chi connectivity index (χ0) is 19.0. The highest BCUT2D eigenvalue weighted by atomic mass is 19.1. The summed E-state index contributed by atoms with van der Waals surface area (Å²) < 4.78 is 49.5. The summed E-state index contributed by atoms with van der Waals surface area (Å²) in [7, 11) is 1.53. The van der Waals surface area contributed by atoms with Crippen LogP contribution in [0.15, 0.2) is 30.6 Å². The molecule has 1 aliphatic rings. The number of anilines is 1. The lowest BCUT2D eigenvalue weighted by atomic mass is 10.1. The number of methoxy groups -OCH3 is 1. The van der Waals surface area contributed by atoms with Crippen LogP contribution in [0.1, 0.15) is 6.42 Å². The molecule has 9 heteroatoms. The molecule has 0 aromatic carbocycles. The zero-order valence-corrected chi connectivity index (χ0v) is 14.5. The van der Waals surface area contributed by atoms with E-state index in [1.54, 1.807) is 22.7 Å². The van der Waals surface area contributed by atoms with E-state index < -0.39 is 23.8 Å². The number of ether oxygens (including phenoxy) is 1. The first-order valence-corrected chi connectivity index (χ1v) is 8.55. The number of halogens is 3. The van der Waals surface area contributed by atoms with Gasteiger partial charge < -0.3 is 15.4 Å². The number of imidazole rings is 1. The zero-order valence-electron chi connectivity index (χ0n) is 14.5. The molecule has 0 radical (unpaired) electrons. The van der Waals surface area contributed by atoms with E-state index in [1.165, 1.54) is 13.3 Å². The molecule has 27 heavy (non-hydrogen) atoms. The van der Waals surface area contributed by atoms with Crippen LogP contribution in [0.4, 0.5) is 19.0 Å². The van der Waals surface area contributed by atoms with E-state index in [4.69, 9.17) is 4.74 Å². The van der Waals surface area contributed by atoms with Gasteiger partial charge in [0.1, 0.15) is 23.3 Å². The Morgan fingerprint density at radius 2 is 2.15 bits per heavy atom. The van der Waals surface area contributed by atoms with Gasteiger partial charge in [0.05, 0.1) is 25.0 Å². The summed E-state index contributed by atoms with van der Waals surface area (Å²) in [6.07, 6.45) is 2.30. The van der Waals surface area contributed by atoms with Crippen molar-refractivity contribution in [1.82, 2.24) is 19.7 Å². The Labute approximate surface area is 153 Å². The van der Waals surface area contributed by atoms with Crippen LogP contribution < -0.4 is 15.4 Å². The predicted octanol–water partition coefficient (Wildman–Crippen LogP) is 2.80. The van der Waals surface area contributed by atoms with Crippen LogP contribution in [0.2, 0.25) is 0 Å². The molecule has 0 unspecified atom stereocenters. The van der Waals surface area contributed by atoms with Gasteiger partial charge in [0, 0.05) is 24.9 Å². The summed E-state index contributed by atoms with van der Waals surface area (Å²) >= 11 is 0. The number of hydrogen-bond donors (Lipinski definition) is 2. The van der Waals surface area contributed by atoms with Gasteiger partial charge in [-0.15, -0.1) is 0 Å². The lowest BCUT2D eigenvalue weighted by Gasteiger charge is -2.28. The molecule has 0 saturated carbocycles. The van der Waals surface area contributed by atoms with Gasteiger partial charge >= 0.3 is 0 Å². The highest BCUT2D eigenvalue weighted by Crippen LogP contribution is 2.27. The van der Waals surface area contributed by atoms with E-state index in [9.17, 15) is 13.2 Å². The fourth-order valence-corrected chi connectivity index (χ4v) is 3.16. The Morgan fingerprint density at radius 1 is 1.30 bits per heavy atom. The Bertz CT molecular complexity index is 977. The molecule has 0 aliphatic carbocycles. The first kappa shape index (κ1) is 17.6. The summed E-state index contributed by atoms with van der Waals surface area (Å²) in [6, 6.07) is 3.49. The van der Waals surface area contributed by atoms with E-state index in [1.807, 2.05) is 0 Å². The molecular formula is C18H18F3N5O. The average molecular weight is 377 g/mol. The van der Waals surface area contributed by atoms with E-state index in [2.05, 4.69) is 20.6 Å². The number of nitrogens with zero attached hydrogens (tertiary/aromatic N) is 3. The molecule has 1 fully saturated rings. The van der Waals surface area contributed by atoms with Crippen molar-refractivity contribution >= 4 is 11.5 Å². The van der Waals surface area contributed by atoms with Crippen molar-refractivity contribution in [3.8, 4) is 17.1 Å². The van der Waals surface area contributed by atoms with E-state index in [0.717, 1.165) is 6.07 Å². The molecule has 142 valence electrons. The number of alkyl halides is 1. The molecule has 1 saturated heterocycles. The van der Waals surface area contributed by atoms with Crippen LogP contribution in [0.5, 0.6) is 5.75 Å². The van der Waals surface area contributed by atoms with Crippen molar-refractivity contribution in [3.63, 3.8) is 0 Å². The lowest BCUT2D eigenvalue weighted by Crippen LogP contribution is -2.46. The molecule has 0 spiro atoms. The van der Waals surface area contributed by atoms with Crippen LogP contribution in [-0.2, 0) is 0 Å². The van der Waals surface area contributed by atoms with Crippen LogP contribution in [-0.4, -0.2) is 46.8 Å². The lowest BCUT2D eigenvalue weighted by molar-refractivity contribution is 0.240. The molecule has 1 aliphatic heterocycles. The van der Waals surface area contributed by atoms with Crippen molar-refractivity contribution in [1.29, 1.82) is 0 Å². The standard InChI is InChI=1S/C18H18F3N5O/c1-27-10-3-5-26-15(9-23-16(26)6-10)17-12(20)7-13(21)18(25-17)24-14-8-22-4-2-11(14)19/h3,5-7,9,11,14,22H,2,4,8H2,1H3,(H,24,25)/t11-,14-/m1/s1. The number of nitrogens with one attached hydrogen (secondary N) is 2. The first-order valence-electron chi connectivity index (χ1n) is 8.55. The third-order valence-corrected chi connectivity index (χ3v) is 4.61. The Morgan fingerprint density at radius 3 is 2.93 bits per heavy atom. The minimum Gasteiger partial charge on any atom is -0.497 e. The normalized spacial score (nSPS) is 20.0. The molecule has 6 nitrogen and oxygen atoms in total. The van der Waals surface area contributed by atoms with Crippen molar-refractivity contribution in [3.05, 3.63) is 42.2 Å². The van der Waals surface area contributed by atoms with Gasteiger partial charge in [-0.25, -0.2) is 23.1 Å². The third kappa shape index (κ3) is 3.30. The summed E-state index contributed by atoms with van der Waals surface area (Å²) in [4.78, 5) is 8.30. The maximum atomic E-state index is 14.4. The molecule has 3 aromatic heterocycles. The Hall–Kier alpha value is -2.81. The molecule has 0 bridgehead atoms. The van der Waals surface area contributed by atoms with Gasteiger partial charge in [-0.3, -0.25) is 4.40 Å². The number of rotatable bonds is 4. The summed E-state index contributed by atoms with van der Waals surface area (Å²) in [5.74, 6) is -1.28. The number of hydrogen-bond acceptors (Lipinski definition) is 5. The maximum absolute atomic E-state index is 14.4. The topological polar surface area (TPSA) is 63.5 Å². The number of fused-ring (bicyclic) bond motifs is 1. The molecule has 4 rings (SSSR count). The highest BCUT2D eigenvalue weighted by molar-refractivity contribution is 5.63. The smallest absolute Gasteiger partial charge is 0.168 e. The maximum Gasteiger partial charge on any atom is 0.168 e. The van der Waals surface area contributed by atoms with Crippen molar-refractivity contribution in [2.24, 2.45) is 0 Å². The second-order valence-corrected chi connectivity index (χ2v) is 6.35. The van der Waals surface area contributed by atoms with Crippen molar-refractivity contribution in [2.75, 3.05) is 25.5 Å². The predicted molar refractivity (Wildman–Crippen MR) is 94.7 cm³/mol. The Balaban J connectivity index is 1.73. The second-order valence-electron chi connectivity index (χ2n) is 6.35. The summed E-state index contributed by atoms with van der Waals surface area (Å²) in [5.41, 5.74) is 0.812. The van der Waals surface area contributed by atoms with Gasteiger partial charge in [-0.1, -0.05) is 0 Å². The molecular weight excluding hydrogens is 359 g/mol. The van der Waals surface area contributed by atoms with E-state index >= 15 is 0 Å². The van der Waals surface area contributed by atoms with E-state index in [-0.39, 0.29) is 11.5 Å². The van der Waals surface area contributed by atoms with Crippen molar-refractivity contribution in [2.45, 2.75) is 18.6 Å². The Kier molecular flexibility index (Phi) is 4.61. The van der Waals surface area contributed by atoms with Gasteiger partial charge in [-0.2, -0.15) is 0 Å². The second kappa shape index (κ2) is 7.07. The minimum absolute atomic E-state index is 0.0734. The van der Waals surface area contributed by atoms with Crippen LogP contribution in [0, 0.1) is 11.6 Å². The number of piperidine rings is 1. The fraction of sp³-hybridized carbons (Fsp3) is 0.333. The molecule has 3 aromatic rings. The number of pyridine rings is 2. The monoisotopic (exact) mass is 377 g/mol. The molecule has 2 atom stereocenters. The van der Waals surface area contributed by atoms with Crippen molar-refractivity contribution < 1.29 is 17.9 Å². The quantitative estimate of drug-likeness (QED) is 0.732.